The summed E-state index contributed by atoms with van der Waals surface area (Å²) in [5, 5.41) is 0. The second-order valence-corrected chi connectivity index (χ2v) is 3.80. The van der Waals surface area contributed by atoms with Crippen LogP contribution in [-0.2, 0) is 12.6 Å². The number of benzene rings is 1. The van der Waals surface area contributed by atoms with Gasteiger partial charge in [0.15, 0.2) is 0 Å². The molecule has 0 fully saturated rings. The van der Waals surface area contributed by atoms with E-state index in [9.17, 15) is 13.2 Å². The van der Waals surface area contributed by atoms with Crippen LogP contribution in [0.5, 0.6) is 5.75 Å². The molecule has 1 unspecified atom stereocenters. The maximum atomic E-state index is 12.5. The van der Waals surface area contributed by atoms with E-state index in [1.54, 1.807) is 0 Å². The zero-order valence-corrected chi connectivity index (χ0v) is 9.64. The average molecular weight is 242 g/mol. The highest BCUT2D eigenvalue weighted by atomic mass is 19.4. The number of alkyl halides is 3. The standard InChI is InChI=1S/C13H13F3O/c1-4-9(2)7-10-5-6-11(13(14,15)16)8-12(10)17-3/h1,5-6,8-9H,7H2,2-3H3. The van der Waals surface area contributed by atoms with Gasteiger partial charge in [0.25, 0.3) is 0 Å². The molecule has 0 aliphatic carbocycles. The van der Waals surface area contributed by atoms with Crippen molar-refractivity contribution in [3.63, 3.8) is 0 Å². The summed E-state index contributed by atoms with van der Waals surface area (Å²) >= 11 is 0. The smallest absolute Gasteiger partial charge is 0.416 e. The summed E-state index contributed by atoms with van der Waals surface area (Å²) in [7, 11) is 1.35. The Morgan fingerprint density at radius 3 is 2.53 bits per heavy atom. The minimum absolute atomic E-state index is 0.0411. The summed E-state index contributed by atoms with van der Waals surface area (Å²) in [6.07, 6.45) is 1.38. The monoisotopic (exact) mass is 242 g/mol. The van der Waals surface area contributed by atoms with E-state index in [2.05, 4.69) is 5.92 Å². The Balaban J connectivity index is 3.07. The van der Waals surface area contributed by atoms with E-state index in [0.717, 1.165) is 12.1 Å². The van der Waals surface area contributed by atoms with Crippen LogP contribution in [0.4, 0.5) is 13.2 Å². The largest absolute Gasteiger partial charge is 0.496 e. The molecule has 0 saturated heterocycles. The number of halogens is 3. The average Bonchev–Trinajstić information content (AvgIpc) is 2.27. The van der Waals surface area contributed by atoms with E-state index in [1.807, 2.05) is 6.92 Å². The van der Waals surface area contributed by atoms with Crippen LogP contribution in [0.25, 0.3) is 0 Å². The number of hydrogen-bond donors (Lipinski definition) is 0. The second-order valence-electron chi connectivity index (χ2n) is 3.80. The summed E-state index contributed by atoms with van der Waals surface area (Å²) < 4.78 is 42.4. The summed E-state index contributed by atoms with van der Waals surface area (Å²) in [5.74, 6) is 2.71. The topological polar surface area (TPSA) is 9.23 Å². The molecular formula is C13H13F3O. The summed E-state index contributed by atoms with van der Waals surface area (Å²) in [6.45, 7) is 1.83. The van der Waals surface area contributed by atoms with Crippen molar-refractivity contribution in [3.05, 3.63) is 29.3 Å². The van der Waals surface area contributed by atoms with Gasteiger partial charge in [-0.05, 0) is 24.1 Å². The lowest BCUT2D eigenvalue weighted by Crippen LogP contribution is -2.07. The lowest BCUT2D eigenvalue weighted by molar-refractivity contribution is -0.137. The Bertz CT molecular complexity index is 429. The molecule has 0 aliphatic heterocycles. The van der Waals surface area contributed by atoms with Crippen LogP contribution in [0.15, 0.2) is 18.2 Å². The Kier molecular flexibility index (Phi) is 4.06. The highest BCUT2D eigenvalue weighted by molar-refractivity contribution is 5.39. The van der Waals surface area contributed by atoms with Gasteiger partial charge in [-0.15, -0.1) is 12.3 Å². The molecule has 1 nitrogen and oxygen atoms in total. The van der Waals surface area contributed by atoms with E-state index in [1.165, 1.54) is 13.2 Å². The van der Waals surface area contributed by atoms with Crippen LogP contribution in [0.3, 0.4) is 0 Å². The third kappa shape index (κ3) is 3.42. The molecule has 0 spiro atoms. The quantitative estimate of drug-likeness (QED) is 0.737. The van der Waals surface area contributed by atoms with Gasteiger partial charge in [-0.1, -0.05) is 13.0 Å². The molecule has 0 amide bonds. The highest BCUT2D eigenvalue weighted by Gasteiger charge is 2.31. The first-order valence-electron chi connectivity index (χ1n) is 5.08. The van der Waals surface area contributed by atoms with Crippen molar-refractivity contribution in [3.8, 4) is 18.1 Å². The van der Waals surface area contributed by atoms with Crippen molar-refractivity contribution in [1.29, 1.82) is 0 Å². The van der Waals surface area contributed by atoms with Gasteiger partial charge in [0.2, 0.25) is 0 Å². The lowest BCUT2D eigenvalue weighted by Gasteiger charge is -2.13. The van der Waals surface area contributed by atoms with Crippen molar-refractivity contribution >= 4 is 0 Å². The minimum atomic E-state index is -4.36. The van der Waals surface area contributed by atoms with E-state index in [-0.39, 0.29) is 11.7 Å². The molecule has 17 heavy (non-hydrogen) atoms. The van der Waals surface area contributed by atoms with Crippen LogP contribution in [0.2, 0.25) is 0 Å². The molecule has 1 rings (SSSR count). The summed E-state index contributed by atoms with van der Waals surface area (Å²) in [5.41, 5.74) is -0.0302. The third-order valence-electron chi connectivity index (χ3n) is 2.43. The predicted molar refractivity (Wildman–Crippen MR) is 59.7 cm³/mol. The minimum Gasteiger partial charge on any atom is -0.496 e. The van der Waals surface area contributed by atoms with Crippen LogP contribution in [-0.4, -0.2) is 7.11 Å². The van der Waals surface area contributed by atoms with Crippen LogP contribution in [0.1, 0.15) is 18.1 Å². The molecule has 92 valence electrons. The maximum absolute atomic E-state index is 12.5. The fraction of sp³-hybridized carbons (Fsp3) is 0.385. The zero-order chi connectivity index (χ0) is 13.1. The van der Waals surface area contributed by atoms with Gasteiger partial charge < -0.3 is 4.74 Å². The maximum Gasteiger partial charge on any atom is 0.416 e. The van der Waals surface area contributed by atoms with Crippen LogP contribution < -0.4 is 4.74 Å². The van der Waals surface area contributed by atoms with Crippen molar-refractivity contribution in [2.24, 2.45) is 5.92 Å². The molecule has 4 heteroatoms. The zero-order valence-electron chi connectivity index (χ0n) is 9.64. The Labute approximate surface area is 98.6 Å². The van der Waals surface area contributed by atoms with Gasteiger partial charge in [-0.25, -0.2) is 0 Å². The van der Waals surface area contributed by atoms with E-state index in [0.29, 0.717) is 12.0 Å². The molecule has 1 aromatic rings. The van der Waals surface area contributed by atoms with Gasteiger partial charge in [-0.3, -0.25) is 0 Å². The fourth-order valence-corrected chi connectivity index (χ4v) is 1.48. The number of hydrogen-bond acceptors (Lipinski definition) is 1. The van der Waals surface area contributed by atoms with Gasteiger partial charge in [-0.2, -0.15) is 13.2 Å². The van der Waals surface area contributed by atoms with E-state index < -0.39 is 11.7 Å². The molecule has 0 radical (unpaired) electrons. The Hall–Kier alpha value is -1.63. The number of ether oxygens (including phenoxy) is 1. The molecule has 0 bridgehead atoms. The Morgan fingerprint density at radius 1 is 1.41 bits per heavy atom. The first-order valence-corrected chi connectivity index (χ1v) is 5.08. The number of rotatable bonds is 3. The Morgan fingerprint density at radius 2 is 2.06 bits per heavy atom. The van der Waals surface area contributed by atoms with Crippen LogP contribution >= 0.6 is 0 Å². The molecule has 0 aromatic heterocycles. The van der Waals surface area contributed by atoms with Gasteiger partial charge >= 0.3 is 6.18 Å². The summed E-state index contributed by atoms with van der Waals surface area (Å²) in [4.78, 5) is 0. The second kappa shape index (κ2) is 5.13. The van der Waals surface area contributed by atoms with Gasteiger partial charge in [0, 0.05) is 5.92 Å². The van der Waals surface area contributed by atoms with Crippen molar-refractivity contribution < 1.29 is 17.9 Å². The van der Waals surface area contributed by atoms with Crippen molar-refractivity contribution in [1.82, 2.24) is 0 Å². The first kappa shape index (κ1) is 13.4. The van der Waals surface area contributed by atoms with Crippen LogP contribution in [0, 0.1) is 18.3 Å². The lowest BCUT2D eigenvalue weighted by atomic mass is 9.99. The highest BCUT2D eigenvalue weighted by Crippen LogP contribution is 2.33. The van der Waals surface area contributed by atoms with Crippen molar-refractivity contribution in [2.45, 2.75) is 19.5 Å². The molecule has 0 saturated carbocycles. The molecule has 1 atom stereocenters. The van der Waals surface area contributed by atoms with Gasteiger partial charge in [0.1, 0.15) is 5.75 Å². The predicted octanol–water partition coefficient (Wildman–Crippen LogP) is 3.53. The molecular weight excluding hydrogens is 229 g/mol. The summed E-state index contributed by atoms with van der Waals surface area (Å²) in [6, 6.07) is 3.45. The molecule has 0 N–H and O–H groups in total. The molecule has 0 aliphatic rings. The number of terminal acetylenes is 1. The molecule has 1 aromatic carbocycles. The normalized spacial score (nSPS) is 12.9. The van der Waals surface area contributed by atoms with E-state index >= 15 is 0 Å². The SMILES string of the molecule is C#CC(C)Cc1ccc(C(F)(F)F)cc1OC. The van der Waals surface area contributed by atoms with Crippen molar-refractivity contribution in [2.75, 3.05) is 7.11 Å². The number of methoxy groups -OCH3 is 1. The first-order chi connectivity index (χ1) is 7.88. The van der Waals surface area contributed by atoms with E-state index in [4.69, 9.17) is 11.2 Å². The third-order valence-corrected chi connectivity index (χ3v) is 2.43. The molecule has 0 heterocycles. The fourth-order valence-electron chi connectivity index (χ4n) is 1.48. The van der Waals surface area contributed by atoms with Gasteiger partial charge in [0.05, 0.1) is 12.7 Å².